The third kappa shape index (κ3) is 12.9. The van der Waals surface area contributed by atoms with Crippen LogP contribution in [0.3, 0.4) is 0 Å². The van der Waals surface area contributed by atoms with E-state index in [0.717, 1.165) is 12.0 Å². The SMILES string of the molecule is CC.CC(C)=NO.CCCN(CCN(C)C(=O)c1ccccc1)C(=O)C=O.CCNC(=O)c1ccc(F)c2c(C)c[nH]c12. The molecule has 0 spiro atoms. The van der Waals surface area contributed by atoms with Gasteiger partial charge in [-0.05, 0) is 63.9 Å². The third-order valence-corrected chi connectivity index (χ3v) is 5.74. The lowest BCUT2D eigenvalue weighted by Crippen LogP contribution is -2.40. The van der Waals surface area contributed by atoms with Crippen molar-refractivity contribution >= 4 is 40.6 Å². The molecule has 0 atom stereocenters. The van der Waals surface area contributed by atoms with Gasteiger partial charge in [-0.15, -0.1) is 0 Å². The van der Waals surface area contributed by atoms with Gasteiger partial charge in [0.15, 0.2) is 0 Å². The Bertz CT molecular complexity index is 1320. The van der Waals surface area contributed by atoms with Crippen molar-refractivity contribution < 1.29 is 28.8 Å². The van der Waals surface area contributed by atoms with Crippen molar-refractivity contribution in [2.45, 2.75) is 54.9 Å². The maximum Gasteiger partial charge on any atom is 0.286 e. The number of nitrogens with one attached hydrogen (secondary N) is 2. The number of aryl methyl sites for hydroxylation is 1. The Morgan fingerprint density at radius 1 is 1.02 bits per heavy atom. The molecular formula is C32H46FN5O5. The summed E-state index contributed by atoms with van der Waals surface area (Å²) in [7, 11) is 1.69. The van der Waals surface area contributed by atoms with Crippen LogP contribution in [-0.2, 0) is 9.59 Å². The summed E-state index contributed by atoms with van der Waals surface area (Å²) in [6.45, 7) is 14.9. The minimum Gasteiger partial charge on any atom is -0.411 e. The molecule has 236 valence electrons. The molecule has 0 aliphatic rings. The van der Waals surface area contributed by atoms with Crippen LogP contribution in [0.1, 0.15) is 74.2 Å². The standard InChI is InChI=1S/C15H20N2O3.C12H13FN2O.C3H7NO.C2H6/c1-3-9-17(14(19)12-18)11-10-16(2)15(20)13-7-5-4-6-8-13;1-3-14-12(16)8-4-5-9(13)10-7(2)6-15-11(8)10;1-3(2)4-5;1-2/h4-8,12H,3,9-11H2,1-2H3;4-6,15H,3H2,1-2H3,(H,14,16);5H,1-2H3;1-2H3. The lowest BCUT2D eigenvalue weighted by molar-refractivity contribution is -0.138. The van der Waals surface area contributed by atoms with Crippen LogP contribution in [0.15, 0.2) is 53.8 Å². The molecule has 3 rings (SSSR count). The normalized spacial score (nSPS) is 9.51. The predicted octanol–water partition coefficient (Wildman–Crippen LogP) is 5.44. The van der Waals surface area contributed by atoms with Crippen LogP contribution in [0.25, 0.3) is 10.9 Å². The molecule has 0 unspecified atom stereocenters. The maximum atomic E-state index is 13.6. The van der Waals surface area contributed by atoms with Gasteiger partial charge >= 0.3 is 0 Å². The molecule has 0 saturated heterocycles. The molecule has 0 radical (unpaired) electrons. The minimum absolute atomic E-state index is 0.0967. The van der Waals surface area contributed by atoms with Crippen LogP contribution in [0.5, 0.6) is 0 Å². The van der Waals surface area contributed by atoms with E-state index in [0.29, 0.717) is 60.2 Å². The molecule has 3 aromatic rings. The van der Waals surface area contributed by atoms with E-state index in [4.69, 9.17) is 5.21 Å². The fourth-order valence-corrected chi connectivity index (χ4v) is 3.66. The topological polar surface area (TPSA) is 135 Å². The van der Waals surface area contributed by atoms with E-state index in [9.17, 15) is 23.6 Å². The Labute approximate surface area is 253 Å². The Kier molecular flexibility index (Phi) is 19.0. The second-order valence-corrected chi connectivity index (χ2v) is 9.26. The minimum atomic E-state index is -0.535. The van der Waals surface area contributed by atoms with Crippen molar-refractivity contribution in [2.75, 3.05) is 33.2 Å². The number of rotatable bonds is 9. The number of hydrogen-bond donors (Lipinski definition) is 3. The van der Waals surface area contributed by atoms with Crippen LogP contribution in [0.2, 0.25) is 0 Å². The summed E-state index contributed by atoms with van der Waals surface area (Å²) in [6, 6.07) is 11.8. The number of amides is 3. The highest BCUT2D eigenvalue weighted by atomic mass is 19.1. The molecule has 3 amide bonds. The number of halogens is 1. The van der Waals surface area contributed by atoms with Gasteiger partial charge in [-0.25, -0.2) is 4.39 Å². The molecule has 11 heteroatoms. The first-order valence-corrected chi connectivity index (χ1v) is 14.3. The number of aldehydes is 1. The van der Waals surface area contributed by atoms with Crippen molar-refractivity contribution in [3.8, 4) is 0 Å². The second kappa shape index (κ2) is 21.2. The van der Waals surface area contributed by atoms with Gasteiger partial charge in [0.05, 0.1) is 16.8 Å². The van der Waals surface area contributed by atoms with Crippen molar-refractivity contribution in [2.24, 2.45) is 5.16 Å². The van der Waals surface area contributed by atoms with Crippen molar-refractivity contribution in [1.29, 1.82) is 0 Å². The third-order valence-electron chi connectivity index (χ3n) is 5.74. The average Bonchev–Trinajstić information content (AvgIpc) is 3.42. The Morgan fingerprint density at radius 2 is 1.63 bits per heavy atom. The van der Waals surface area contributed by atoms with Crippen molar-refractivity contribution in [3.05, 3.63) is 71.2 Å². The Morgan fingerprint density at radius 3 is 2.14 bits per heavy atom. The first-order valence-electron chi connectivity index (χ1n) is 14.3. The lowest BCUT2D eigenvalue weighted by atomic mass is 10.1. The first kappa shape index (κ1) is 38.5. The Hall–Kier alpha value is -4.54. The molecule has 0 bridgehead atoms. The van der Waals surface area contributed by atoms with Gasteiger partial charge in [0, 0.05) is 50.4 Å². The van der Waals surface area contributed by atoms with Crippen LogP contribution in [0, 0.1) is 12.7 Å². The van der Waals surface area contributed by atoms with E-state index >= 15 is 0 Å². The van der Waals surface area contributed by atoms with Crippen LogP contribution >= 0.6 is 0 Å². The molecule has 1 aromatic heterocycles. The summed E-state index contributed by atoms with van der Waals surface area (Å²) >= 11 is 0. The number of oxime groups is 1. The van der Waals surface area contributed by atoms with E-state index in [1.165, 1.54) is 17.0 Å². The average molecular weight is 600 g/mol. The number of fused-ring (bicyclic) bond motifs is 1. The maximum absolute atomic E-state index is 13.6. The fraction of sp³-hybridized carbons (Fsp3) is 0.406. The Balaban J connectivity index is 0.000000684. The molecule has 3 N–H and O–H groups in total. The van der Waals surface area contributed by atoms with Crippen LogP contribution in [-0.4, -0.2) is 82.9 Å². The quantitative estimate of drug-likeness (QED) is 0.0989. The molecule has 0 aliphatic carbocycles. The van der Waals surface area contributed by atoms with Crippen molar-refractivity contribution in [3.63, 3.8) is 0 Å². The van der Waals surface area contributed by atoms with Gasteiger partial charge in [0.25, 0.3) is 17.7 Å². The van der Waals surface area contributed by atoms with Gasteiger partial charge in [-0.1, -0.05) is 44.1 Å². The lowest BCUT2D eigenvalue weighted by Gasteiger charge is -2.24. The second-order valence-electron chi connectivity index (χ2n) is 9.26. The highest BCUT2D eigenvalue weighted by Crippen LogP contribution is 2.24. The summed E-state index contributed by atoms with van der Waals surface area (Å²) in [5.74, 6) is -1.12. The monoisotopic (exact) mass is 599 g/mol. The van der Waals surface area contributed by atoms with Gasteiger partial charge < -0.3 is 25.3 Å². The van der Waals surface area contributed by atoms with E-state index in [1.807, 2.05) is 40.7 Å². The summed E-state index contributed by atoms with van der Waals surface area (Å²) in [5, 5.41) is 13.7. The number of aromatic amines is 1. The molecular weight excluding hydrogens is 553 g/mol. The molecule has 1 heterocycles. The van der Waals surface area contributed by atoms with Gasteiger partial charge in [-0.2, -0.15) is 0 Å². The number of nitrogens with zero attached hydrogens (tertiary/aromatic N) is 3. The fourth-order valence-electron chi connectivity index (χ4n) is 3.66. The summed E-state index contributed by atoms with van der Waals surface area (Å²) < 4.78 is 13.6. The van der Waals surface area contributed by atoms with Crippen LogP contribution in [0.4, 0.5) is 4.39 Å². The first-order chi connectivity index (χ1) is 20.5. The van der Waals surface area contributed by atoms with Crippen molar-refractivity contribution in [1.82, 2.24) is 20.1 Å². The zero-order valence-electron chi connectivity index (χ0n) is 26.5. The zero-order valence-corrected chi connectivity index (χ0v) is 26.5. The van der Waals surface area contributed by atoms with Crippen LogP contribution < -0.4 is 5.32 Å². The van der Waals surface area contributed by atoms with Gasteiger partial charge in [-0.3, -0.25) is 19.2 Å². The molecule has 0 saturated carbocycles. The largest absolute Gasteiger partial charge is 0.411 e. The molecule has 2 aromatic carbocycles. The zero-order chi connectivity index (χ0) is 32.9. The van der Waals surface area contributed by atoms with E-state index < -0.39 is 5.91 Å². The molecule has 10 nitrogen and oxygen atoms in total. The number of carbonyl (C=O) groups is 4. The summed E-state index contributed by atoms with van der Waals surface area (Å²) in [5.41, 5.74) is 3.14. The highest BCUT2D eigenvalue weighted by Gasteiger charge is 2.16. The number of likely N-dealkylation sites (N-methyl/N-ethyl adjacent to an activating group) is 1. The van der Waals surface area contributed by atoms with E-state index in [2.05, 4.69) is 15.5 Å². The van der Waals surface area contributed by atoms with E-state index in [-0.39, 0.29) is 17.6 Å². The van der Waals surface area contributed by atoms with Gasteiger partial charge in [0.1, 0.15) is 5.82 Å². The van der Waals surface area contributed by atoms with Gasteiger partial charge in [0.2, 0.25) is 6.29 Å². The molecule has 0 aliphatic heterocycles. The number of carbonyl (C=O) groups excluding carboxylic acids is 4. The number of benzene rings is 2. The number of hydrogen-bond acceptors (Lipinski definition) is 6. The summed E-state index contributed by atoms with van der Waals surface area (Å²) in [6.07, 6.45) is 2.79. The smallest absolute Gasteiger partial charge is 0.286 e. The highest BCUT2D eigenvalue weighted by molar-refractivity contribution is 6.23. The van der Waals surface area contributed by atoms with E-state index in [1.54, 1.807) is 56.3 Å². The summed E-state index contributed by atoms with van der Waals surface area (Å²) in [4.78, 5) is 51.7. The number of H-pyrrole nitrogens is 1. The number of aromatic nitrogens is 1. The molecule has 0 fully saturated rings. The molecule has 43 heavy (non-hydrogen) atoms. The predicted molar refractivity (Wildman–Crippen MR) is 169 cm³/mol.